The van der Waals surface area contributed by atoms with E-state index in [1.54, 1.807) is 0 Å². The van der Waals surface area contributed by atoms with Crippen LogP contribution in [0.25, 0.3) is 11.1 Å². The van der Waals surface area contributed by atoms with Crippen LogP contribution < -0.4 is 11.1 Å². The van der Waals surface area contributed by atoms with Gasteiger partial charge in [-0.25, -0.2) is 4.79 Å². The van der Waals surface area contributed by atoms with E-state index < -0.39 is 11.9 Å². The summed E-state index contributed by atoms with van der Waals surface area (Å²) in [4.78, 5) is 14.0. The molecule has 3 aromatic carbocycles. The lowest BCUT2D eigenvalue weighted by atomic mass is 9.82. The standard InChI is InChI=1S/C26H26N2O4/c29-22-14-24(25(18-7-3-1-4-8-18)19-9-5-2-6-10-19)31-16-21(22)27-15-17-11-12-20-23(13-17)32-26(30)28-20/h1-13,21-22,24-25,27,29H,14-16H2,(H,28,30). The fraction of sp³-hybridized carbons (Fsp3) is 0.269. The van der Waals surface area contributed by atoms with Crippen molar-refractivity contribution in [2.24, 2.45) is 0 Å². The Morgan fingerprint density at radius 3 is 2.34 bits per heavy atom. The number of ether oxygens (including phenoxy) is 1. The smallest absolute Gasteiger partial charge is 0.408 e. The zero-order chi connectivity index (χ0) is 21.9. The third-order valence-electron chi connectivity index (χ3n) is 6.17. The van der Waals surface area contributed by atoms with Crippen molar-refractivity contribution in [1.82, 2.24) is 10.3 Å². The van der Waals surface area contributed by atoms with Crippen LogP contribution in [0.3, 0.4) is 0 Å². The van der Waals surface area contributed by atoms with E-state index in [4.69, 9.17) is 9.15 Å². The van der Waals surface area contributed by atoms with Crippen LogP contribution in [0.5, 0.6) is 0 Å². The van der Waals surface area contributed by atoms with Gasteiger partial charge in [-0.05, 0) is 28.8 Å². The number of fused-ring (bicyclic) bond motifs is 1. The highest BCUT2D eigenvalue weighted by atomic mass is 16.5. The van der Waals surface area contributed by atoms with Crippen molar-refractivity contribution in [3.05, 3.63) is 106 Å². The second kappa shape index (κ2) is 9.12. The molecule has 0 amide bonds. The van der Waals surface area contributed by atoms with E-state index in [1.807, 2.05) is 54.6 Å². The second-order valence-electron chi connectivity index (χ2n) is 8.31. The molecule has 1 aliphatic heterocycles. The number of benzene rings is 3. The Morgan fingerprint density at radius 1 is 1.00 bits per heavy atom. The van der Waals surface area contributed by atoms with Crippen LogP contribution in [-0.4, -0.2) is 34.9 Å². The molecule has 1 saturated heterocycles. The van der Waals surface area contributed by atoms with Crippen LogP contribution in [0.15, 0.2) is 88.1 Å². The van der Waals surface area contributed by atoms with Crippen molar-refractivity contribution >= 4 is 11.1 Å². The largest absolute Gasteiger partial charge is 0.417 e. The molecule has 6 heteroatoms. The van der Waals surface area contributed by atoms with E-state index in [2.05, 4.69) is 34.6 Å². The molecule has 0 saturated carbocycles. The Balaban J connectivity index is 1.27. The maximum absolute atomic E-state index is 11.4. The van der Waals surface area contributed by atoms with Gasteiger partial charge in [-0.15, -0.1) is 0 Å². The molecule has 4 aromatic rings. The predicted octanol–water partition coefficient (Wildman–Crippen LogP) is 3.56. The maximum atomic E-state index is 11.4. The highest BCUT2D eigenvalue weighted by Crippen LogP contribution is 2.34. The SMILES string of the molecule is O=c1[nH]c2ccc(CNC3COC(C(c4ccccc4)c4ccccc4)CC3O)cc2o1. The topological polar surface area (TPSA) is 87.5 Å². The Labute approximate surface area is 185 Å². The molecule has 3 N–H and O–H groups in total. The third-order valence-corrected chi connectivity index (χ3v) is 6.17. The quantitative estimate of drug-likeness (QED) is 0.435. The van der Waals surface area contributed by atoms with Crippen molar-refractivity contribution in [3.63, 3.8) is 0 Å². The minimum atomic E-state index is -0.530. The van der Waals surface area contributed by atoms with Crippen molar-refractivity contribution in [3.8, 4) is 0 Å². The van der Waals surface area contributed by atoms with E-state index >= 15 is 0 Å². The summed E-state index contributed by atoms with van der Waals surface area (Å²) >= 11 is 0. The van der Waals surface area contributed by atoms with E-state index in [1.165, 1.54) is 11.1 Å². The van der Waals surface area contributed by atoms with Gasteiger partial charge in [0.15, 0.2) is 5.58 Å². The minimum Gasteiger partial charge on any atom is -0.408 e. The number of aliphatic hydroxyl groups excluding tert-OH is 1. The van der Waals surface area contributed by atoms with Gasteiger partial charge in [0, 0.05) is 18.9 Å². The lowest BCUT2D eigenvalue weighted by Gasteiger charge is -2.38. The lowest BCUT2D eigenvalue weighted by Crippen LogP contribution is -2.50. The molecule has 3 atom stereocenters. The summed E-state index contributed by atoms with van der Waals surface area (Å²) in [6.07, 6.45) is -0.103. The molecular formula is C26H26N2O4. The van der Waals surface area contributed by atoms with Gasteiger partial charge in [-0.3, -0.25) is 4.98 Å². The van der Waals surface area contributed by atoms with Gasteiger partial charge in [-0.2, -0.15) is 0 Å². The number of hydrogen-bond donors (Lipinski definition) is 3. The molecule has 32 heavy (non-hydrogen) atoms. The first-order chi connectivity index (χ1) is 15.7. The molecule has 1 aromatic heterocycles. The average Bonchev–Trinajstić information content (AvgIpc) is 3.19. The molecule has 0 spiro atoms. The van der Waals surface area contributed by atoms with Gasteiger partial charge in [0.25, 0.3) is 0 Å². The summed E-state index contributed by atoms with van der Waals surface area (Å²) in [7, 11) is 0. The van der Waals surface area contributed by atoms with Crippen molar-refractivity contribution in [2.45, 2.75) is 37.1 Å². The van der Waals surface area contributed by atoms with Crippen LogP contribution in [0.4, 0.5) is 0 Å². The number of aromatic nitrogens is 1. The summed E-state index contributed by atoms with van der Waals surface area (Å²) < 4.78 is 11.4. The summed E-state index contributed by atoms with van der Waals surface area (Å²) in [5, 5.41) is 14.3. The van der Waals surface area contributed by atoms with Gasteiger partial charge in [-0.1, -0.05) is 66.7 Å². The molecular weight excluding hydrogens is 404 g/mol. The number of nitrogens with one attached hydrogen (secondary N) is 2. The highest BCUT2D eigenvalue weighted by Gasteiger charge is 2.35. The molecule has 1 fully saturated rings. The van der Waals surface area contributed by atoms with Crippen molar-refractivity contribution in [1.29, 1.82) is 0 Å². The molecule has 0 aliphatic carbocycles. The van der Waals surface area contributed by atoms with E-state index in [0.29, 0.717) is 30.7 Å². The molecule has 3 unspecified atom stereocenters. The van der Waals surface area contributed by atoms with E-state index in [-0.39, 0.29) is 18.1 Å². The lowest BCUT2D eigenvalue weighted by molar-refractivity contribution is -0.0718. The summed E-state index contributed by atoms with van der Waals surface area (Å²) in [6, 6.07) is 26.1. The first-order valence-corrected chi connectivity index (χ1v) is 10.9. The van der Waals surface area contributed by atoms with Crippen LogP contribution in [0.1, 0.15) is 29.0 Å². The normalized spacial score (nSPS) is 21.2. The van der Waals surface area contributed by atoms with E-state index in [9.17, 15) is 9.90 Å². The number of H-pyrrole nitrogens is 1. The van der Waals surface area contributed by atoms with Crippen molar-refractivity contribution in [2.75, 3.05) is 6.61 Å². The van der Waals surface area contributed by atoms with Gasteiger partial charge in [0.2, 0.25) is 0 Å². The number of aromatic amines is 1. The Morgan fingerprint density at radius 2 is 1.69 bits per heavy atom. The Kier molecular flexibility index (Phi) is 5.90. The van der Waals surface area contributed by atoms with Crippen LogP contribution in [-0.2, 0) is 11.3 Å². The molecule has 2 heterocycles. The van der Waals surface area contributed by atoms with Crippen molar-refractivity contribution < 1.29 is 14.3 Å². The maximum Gasteiger partial charge on any atom is 0.417 e. The van der Waals surface area contributed by atoms with Gasteiger partial charge < -0.3 is 19.6 Å². The zero-order valence-electron chi connectivity index (χ0n) is 17.6. The summed E-state index contributed by atoms with van der Waals surface area (Å²) in [5.74, 6) is -0.398. The Bertz CT molecular complexity index is 1180. The van der Waals surface area contributed by atoms with Crippen LogP contribution in [0.2, 0.25) is 0 Å². The highest BCUT2D eigenvalue weighted by molar-refractivity contribution is 5.72. The van der Waals surface area contributed by atoms with Crippen LogP contribution >= 0.6 is 0 Å². The second-order valence-corrected chi connectivity index (χ2v) is 8.31. The van der Waals surface area contributed by atoms with Gasteiger partial charge in [0.05, 0.1) is 30.4 Å². The Hall–Kier alpha value is -3.19. The predicted molar refractivity (Wildman–Crippen MR) is 123 cm³/mol. The van der Waals surface area contributed by atoms with Gasteiger partial charge in [0.1, 0.15) is 0 Å². The first kappa shape index (κ1) is 20.7. The first-order valence-electron chi connectivity index (χ1n) is 10.9. The molecule has 164 valence electrons. The zero-order valence-corrected chi connectivity index (χ0v) is 17.6. The van der Waals surface area contributed by atoms with Gasteiger partial charge >= 0.3 is 5.76 Å². The summed E-state index contributed by atoms with van der Waals surface area (Å²) in [5.41, 5.74) is 4.55. The van der Waals surface area contributed by atoms with Crippen LogP contribution in [0, 0.1) is 0 Å². The fourth-order valence-electron chi connectivity index (χ4n) is 4.53. The number of aliphatic hydroxyl groups is 1. The molecule has 5 rings (SSSR count). The third kappa shape index (κ3) is 4.39. The number of rotatable bonds is 6. The molecule has 1 aliphatic rings. The molecule has 6 nitrogen and oxygen atoms in total. The number of hydrogen-bond acceptors (Lipinski definition) is 5. The molecule has 0 radical (unpaired) electrons. The minimum absolute atomic E-state index is 0.0619. The fourth-order valence-corrected chi connectivity index (χ4v) is 4.53. The van der Waals surface area contributed by atoms with E-state index in [0.717, 1.165) is 5.56 Å². The number of oxazole rings is 1. The monoisotopic (exact) mass is 430 g/mol. The molecule has 0 bridgehead atoms. The summed E-state index contributed by atoms with van der Waals surface area (Å²) in [6.45, 7) is 0.963. The average molecular weight is 431 g/mol.